The molecule has 0 heterocycles. The SMILES string of the molecule is CC(C)(CC(=O)O)C(Br)C=O. The average Bonchev–Trinajstić information content (AvgIpc) is 1.83. The molecule has 0 aliphatic carbocycles. The Labute approximate surface area is 73.9 Å². The highest BCUT2D eigenvalue weighted by atomic mass is 79.9. The monoisotopic (exact) mass is 222 g/mol. The van der Waals surface area contributed by atoms with Crippen molar-refractivity contribution in [2.24, 2.45) is 5.41 Å². The normalized spacial score (nSPS) is 14.1. The molecule has 4 heteroatoms. The van der Waals surface area contributed by atoms with Gasteiger partial charge < -0.3 is 9.90 Å². The molecule has 0 radical (unpaired) electrons. The summed E-state index contributed by atoms with van der Waals surface area (Å²) in [5, 5.41) is 8.46. The molecule has 0 aromatic rings. The second-order valence-corrected chi connectivity index (χ2v) is 4.08. The quantitative estimate of drug-likeness (QED) is 0.579. The Morgan fingerprint density at radius 3 is 2.45 bits per heavy atom. The number of carbonyl (C=O) groups excluding carboxylic acids is 1. The second-order valence-electron chi connectivity index (χ2n) is 3.10. The summed E-state index contributed by atoms with van der Waals surface area (Å²) in [5.41, 5.74) is -0.520. The van der Waals surface area contributed by atoms with Gasteiger partial charge in [-0.15, -0.1) is 0 Å². The number of halogens is 1. The van der Waals surface area contributed by atoms with Gasteiger partial charge in [-0.1, -0.05) is 29.8 Å². The van der Waals surface area contributed by atoms with Crippen LogP contribution in [-0.2, 0) is 9.59 Å². The molecule has 0 spiro atoms. The summed E-state index contributed by atoms with van der Waals surface area (Å²) >= 11 is 3.10. The zero-order valence-electron chi connectivity index (χ0n) is 6.50. The van der Waals surface area contributed by atoms with Gasteiger partial charge in [-0.25, -0.2) is 0 Å². The molecule has 64 valence electrons. The first-order valence-electron chi connectivity index (χ1n) is 3.21. The highest BCUT2D eigenvalue weighted by Gasteiger charge is 2.29. The summed E-state index contributed by atoms with van der Waals surface area (Å²) in [5.74, 6) is -0.888. The maximum Gasteiger partial charge on any atom is 0.303 e. The van der Waals surface area contributed by atoms with Gasteiger partial charge in [0, 0.05) is 0 Å². The lowest BCUT2D eigenvalue weighted by Crippen LogP contribution is -2.28. The zero-order chi connectivity index (χ0) is 9.07. The third-order valence-corrected chi connectivity index (χ3v) is 2.93. The Morgan fingerprint density at radius 2 is 2.18 bits per heavy atom. The van der Waals surface area contributed by atoms with Crippen molar-refractivity contribution in [3.63, 3.8) is 0 Å². The predicted molar refractivity (Wildman–Crippen MR) is 44.8 cm³/mol. The molecule has 1 atom stereocenters. The fourth-order valence-corrected chi connectivity index (χ4v) is 0.833. The molecule has 0 saturated carbocycles. The van der Waals surface area contributed by atoms with Crippen molar-refractivity contribution < 1.29 is 14.7 Å². The van der Waals surface area contributed by atoms with E-state index in [9.17, 15) is 9.59 Å². The van der Waals surface area contributed by atoms with E-state index < -0.39 is 16.2 Å². The molecule has 0 fully saturated rings. The van der Waals surface area contributed by atoms with Gasteiger partial charge in [-0.05, 0) is 5.41 Å². The molecule has 0 bridgehead atoms. The van der Waals surface area contributed by atoms with Crippen LogP contribution >= 0.6 is 15.9 Å². The van der Waals surface area contributed by atoms with Crippen molar-refractivity contribution in [1.82, 2.24) is 0 Å². The summed E-state index contributed by atoms with van der Waals surface area (Å²) < 4.78 is 0. The number of carboxylic acids is 1. The van der Waals surface area contributed by atoms with Crippen LogP contribution in [-0.4, -0.2) is 22.2 Å². The number of rotatable bonds is 4. The van der Waals surface area contributed by atoms with Crippen molar-refractivity contribution in [3.05, 3.63) is 0 Å². The zero-order valence-corrected chi connectivity index (χ0v) is 8.09. The molecule has 0 aliphatic heterocycles. The Hall–Kier alpha value is -0.380. The van der Waals surface area contributed by atoms with Gasteiger partial charge in [0.2, 0.25) is 0 Å². The maximum atomic E-state index is 10.3. The average molecular weight is 223 g/mol. The summed E-state index contributed by atoms with van der Waals surface area (Å²) in [7, 11) is 0. The molecular weight excluding hydrogens is 212 g/mol. The lowest BCUT2D eigenvalue weighted by molar-refractivity contribution is -0.139. The molecule has 11 heavy (non-hydrogen) atoms. The van der Waals surface area contributed by atoms with Crippen LogP contribution in [0.4, 0.5) is 0 Å². The van der Waals surface area contributed by atoms with Gasteiger partial charge in [0.05, 0.1) is 11.2 Å². The fourth-order valence-electron chi connectivity index (χ4n) is 0.671. The van der Waals surface area contributed by atoms with E-state index in [0.29, 0.717) is 6.29 Å². The minimum absolute atomic E-state index is 0.0122. The number of aldehydes is 1. The minimum Gasteiger partial charge on any atom is -0.481 e. The van der Waals surface area contributed by atoms with E-state index >= 15 is 0 Å². The first kappa shape index (κ1) is 10.6. The summed E-state index contributed by atoms with van der Waals surface area (Å²) in [6.45, 7) is 3.46. The lowest BCUT2D eigenvalue weighted by atomic mass is 9.86. The number of hydrogen-bond donors (Lipinski definition) is 1. The van der Waals surface area contributed by atoms with Crippen LogP contribution in [0, 0.1) is 5.41 Å². The third kappa shape index (κ3) is 3.51. The molecule has 0 rings (SSSR count). The van der Waals surface area contributed by atoms with Crippen LogP contribution in [0.2, 0.25) is 0 Å². The lowest BCUT2D eigenvalue weighted by Gasteiger charge is -2.24. The predicted octanol–water partition coefficient (Wildman–Crippen LogP) is 1.45. The maximum absolute atomic E-state index is 10.3. The Kier molecular flexibility index (Phi) is 3.72. The van der Waals surface area contributed by atoms with Crippen molar-refractivity contribution in [2.75, 3.05) is 0 Å². The van der Waals surface area contributed by atoms with Gasteiger partial charge in [0.25, 0.3) is 0 Å². The van der Waals surface area contributed by atoms with Crippen molar-refractivity contribution in [2.45, 2.75) is 25.1 Å². The molecule has 0 aromatic carbocycles. The Morgan fingerprint density at radius 1 is 1.73 bits per heavy atom. The van der Waals surface area contributed by atoms with Crippen LogP contribution in [0.25, 0.3) is 0 Å². The largest absolute Gasteiger partial charge is 0.481 e. The third-order valence-electron chi connectivity index (χ3n) is 1.47. The molecule has 0 saturated heterocycles. The molecular formula is C7H11BrO3. The fraction of sp³-hybridized carbons (Fsp3) is 0.714. The van der Waals surface area contributed by atoms with Crippen LogP contribution in [0.1, 0.15) is 20.3 Å². The van der Waals surface area contributed by atoms with Crippen molar-refractivity contribution in [3.8, 4) is 0 Å². The van der Waals surface area contributed by atoms with Crippen molar-refractivity contribution >= 4 is 28.2 Å². The molecule has 0 aromatic heterocycles. The highest BCUT2D eigenvalue weighted by molar-refractivity contribution is 9.10. The summed E-state index contributed by atoms with van der Waals surface area (Å²) in [6.07, 6.45) is 0.699. The van der Waals surface area contributed by atoms with E-state index in [0.717, 1.165) is 0 Å². The first-order valence-corrected chi connectivity index (χ1v) is 4.13. The van der Waals surface area contributed by atoms with Gasteiger partial charge in [-0.3, -0.25) is 4.79 Å². The molecule has 3 nitrogen and oxygen atoms in total. The van der Waals surface area contributed by atoms with Gasteiger partial charge >= 0.3 is 5.97 Å². The molecule has 1 N–H and O–H groups in total. The molecule has 0 amide bonds. The second kappa shape index (κ2) is 3.85. The number of alkyl halides is 1. The van der Waals surface area contributed by atoms with E-state index in [1.807, 2.05) is 0 Å². The van der Waals surface area contributed by atoms with E-state index in [2.05, 4.69) is 15.9 Å². The van der Waals surface area contributed by atoms with Gasteiger partial charge in [0.1, 0.15) is 6.29 Å². The van der Waals surface area contributed by atoms with Crippen LogP contribution in [0.15, 0.2) is 0 Å². The number of hydrogen-bond acceptors (Lipinski definition) is 2. The van der Waals surface area contributed by atoms with Crippen LogP contribution in [0.5, 0.6) is 0 Å². The van der Waals surface area contributed by atoms with Crippen LogP contribution < -0.4 is 0 Å². The number of carboxylic acid groups (broad SMARTS) is 1. The topological polar surface area (TPSA) is 54.4 Å². The van der Waals surface area contributed by atoms with Crippen molar-refractivity contribution in [1.29, 1.82) is 0 Å². The highest BCUT2D eigenvalue weighted by Crippen LogP contribution is 2.29. The van der Waals surface area contributed by atoms with Gasteiger partial charge in [-0.2, -0.15) is 0 Å². The Balaban J connectivity index is 4.19. The van der Waals surface area contributed by atoms with E-state index in [-0.39, 0.29) is 6.42 Å². The van der Waals surface area contributed by atoms with Crippen LogP contribution in [0.3, 0.4) is 0 Å². The summed E-state index contributed by atoms with van der Waals surface area (Å²) in [6, 6.07) is 0. The standard InChI is InChI=1S/C7H11BrO3/c1-7(2,3-6(10)11)5(8)4-9/h4-5H,3H2,1-2H3,(H,10,11). The summed E-state index contributed by atoms with van der Waals surface area (Å²) in [4.78, 5) is 20.2. The molecule has 1 unspecified atom stereocenters. The molecule has 0 aliphatic rings. The van der Waals surface area contributed by atoms with E-state index in [1.54, 1.807) is 13.8 Å². The van der Waals surface area contributed by atoms with Gasteiger partial charge in [0.15, 0.2) is 0 Å². The minimum atomic E-state index is -0.888. The Bertz CT molecular complexity index is 165. The smallest absolute Gasteiger partial charge is 0.303 e. The van der Waals surface area contributed by atoms with E-state index in [1.165, 1.54) is 0 Å². The van der Waals surface area contributed by atoms with E-state index in [4.69, 9.17) is 5.11 Å². The first-order chi connectivity index (χ1) is 4.90. The number of carbonyl (C=O) groups is 2. The number of aliphatic carboxylic acids is 1.